The molecule has 0 saturated heterocycles. The third-order valence-corrected chi connectivity index (χ3v) is 4.28. The van der Waals surface area contributed by atoms with Crippen LogP contribution in [-0.4, -0.2) is 15.8 Å². The van der Waals surface area contributed by atoms with Crippen LogP contribution in [0, 0.1) is 0 Å². The molecule has 1 rings (SSSR count). The van der Waals surface area contributed by atoms with Gasteiger partial charge in [0, 0.05) is 28.5 Å². The van der Waals surface area contributed by atoms with E-state index >= 15 is 0 Å². The molecule has 0 fully saturated rings. The van der Waals surface area contributed by atoms with Gasteiger partial charge in [-0.2, -0.15) is 0 Å². The Balaban J connectivity index is 2.39. The summed E-state index contributed by atoms with van der Waals surface area (Å²) in [7, 11) is 0. The largest absolute Gasteiger partial charge is 0.309 e. The standard InChI is InChI=1S/C12H22N2S2/c1-9(2)13-6-10-7-15-11(14-10)8-16-12(3,4)5/h7,9,13H,6,8H2,1-5H3. The maximum Gasteiger partial charge on any atom is 0.103 e. The molecule has 0 unspecified atom stereocenters. The zero-order valence-corrected chi connectivity index (χ0v) is 12.5. The molecule has 0 aromatic carbocycles. The summed E-state index contributed by atoms with van der Waals surface area (Å²) in [6, 6.07) is 0.522. The zero-order chi connectivity index (χ0) is 12.2. The topological polar surface area (TPSA) is 24.9 Å². The van der Waals surface area contributed by atoms with Crippen molar-refractivity contribution in [3.05, 3.63) is 16.1 Å². The Morgan fingerprint density at radius 1 is 1.44 bits per heavy atom. The van der Waals surface area contributed by atoms with E-state index in [1.165, 1.54) is 10.7 Å². The number of nitrogens with one attached hydrogen (secondary N) is 1. The van der Waals surface area contributed by atoms with Gasteiger partial charge in [0.25, 0.3) is 0 Å². The summed E-state index contributed by atoms with van der Waals surface area (Å²) in [4.78, 5) is 4.62. The van der Waals surface area contributed by atoms with Gasteiger partial charge in [0.15, 0.2) is 0 Å². The van der Waals surface area contributed by atoms with Crippen LogP contribution in [0.1, 0.15) is 45.3 Å². The molecule has 0 aliphatic heterocycles. The highest BCUT2D eigenvalue weighted by Crippen LogP contribution is 2.28. The minimum atomic E-state index is 0.321. The van der Waals surface area contributed by atoms with Gasteiger partial charge < -0.3 is 5.32 Å². The first-order valence-electron chi connectivity index (χ1n) is 5.67. The molecular weight excluding hydrogens is 236 g/mol. The van der Waals surface area contributed by atoms with E-state index < -0.39 is 0 Å². The van der Waals surface area contributed by atoms with Crippen molar-refractivity contribution in [2.45, 2.75) is 57.7 Å². The smallest absolute Gasteiger partial charge is 0.103 e. The van der Waals surface area contributed by atoms with Crippen LogP contribution in [-0.2, 0) is 12.3 Å². The Kier molecular flexibility index (Phi) is 5.28. The normalized spacial score (nSPS) is 12.4. The van der Waals surface area contributed by atoms with E-state index in [-0.39, 0.29) is 0 Å². The number of hydrogen-bond acceptors (Lipinski definition) is 4. The molecule has 0 atom stereocenters. The molecule has 0 spiro atoms. The van der Waals surface area contributed by atoms with Crippen molar-refractivity contribution in [2.24, 2.45) is 0 Å². The Labute approximate surface area is 107 Å². The Morgan fingerprint density at radius 2 is 2.12 bits per heavy atom. The van der Waals surface area contributed by atoms with Crippen LogP contribution in [0.2, 0.25) is 0 Å². The molecule has 0 saturated carbocycles. The van der Waals surface area contributed by atoms with E-state index in [2.05, 4.69) is 50.3 Å². The summed E-state index contributed by atoms with van der Waals surface area (Å²) < 4.78 is 0.321. The zero-order valence-electron chi connectivity index (χ0n) is 10.8. The molecule has 16 heavy (non-hydrogen) atoms. The van der Waals surface area contributed by atoms with Crippen LogP contribution in [0.15, 0.2) is 5.38 Å². The summed E-state index contributed by atoms with van der Waals surface area (Å²) >= 11 is 3.72. The number of hydrogen-bond donors (Lipinski definition) is 1. The number of thioether (sulfide) groups is 1. The quantitative estimate of drug-likeness (QED) is 0.872. The van der Waals surface area contributed by atoms with Crippen LogP contribution in [0.25, 0.3) is 0 Å². The second-order valence-electron chi connectivity index (χ2n) is 5.17. The second-order valence-corrected chi connectivity index (χ2v) is 7.91. The molecule has 0 bridgehead atoms. The van der Waals surface area contributed by atoms with E-state index in [0.717, 1.165) is 12.3 Å². The number of thiazole rings is 1. The predicted molar refractivity (Wildman–Crippen MR) is 75.1 cm³/mol. The van der Waals surface area contributed by atoms with Crippen molar-refractivity contribution in [3.63, 3.8) is 0 Å². The lowest BCUT2D eigenvalue weighted by atomic mass is 10.3. The van der Waals surface area contributed by atoms with Gasteiger partial charge in [-0.15, -0.1) is 23.1 Å². The highest BCUT2D eigenvalue weighted by atomic mass is 32.2. The Morgan fingerprint density at radius 3 is 2.69 bits per heavy atom. The van der Waals surface area contributed by atoms with Gasteiger partial charge in [-0.3, -0.25) is 0 Å². The van der Waals surface area contributed by atoms with Crippen molar-refractivity contribution >= 4 is 23.1 Å². The van der Waals surface area contributed by atoms with Crippen LogP contribution in [0.5, 0.6) is 0 Å². The summed E-state index contributed by atoms with van der Waals surface area (Å²) in [6.45, 7) is 11.9. The van der Waals surface area contributed by atoms with Crippen LogP contribution in [0.4, 0.5) is 0 Å². The third kappa shape index (κ3) is 5.87. The first-order valence-corrected chi connectivity index (χ1v) is 7.54. The molecule has 4 heteroatoms. The molecule has 0 radical (unpaired) electrons. The lowest BCUT2D eigenvalue weighted by molar-refractivity contribution is 0.582. The molecule has 1 aromatic heterocycles. The number of aromatic nitrogens is 1. The predicted octanol–water partition coefficient (Wildman–Crippen LogP) is 3.67. The lowest BCUT2D eigenvalue weighted by Crippen LogP contribution is -2.21. The van der Waals surface area contributed by atoms with Crippen LogP contribution in [0.3, 0.4) is 0 Å². The summed E-state index contributed by atoms with van der Waals surface area (Å²) in [5, 5.41) is 6.78. The van der Waals surface area contributed by atoms with Gasteiger partial charge >= 0.3 is 0 Å². The number of nitrogens with zero attached hydrogens (tertiary/aromatic N) is 1. The molecule has 1 heterocycles. The van der Waals surface area contributed by atoms with Gasteiger partial charge in [0.05, 0.1) is 5.69 Å². The van der Waals surface area contributed by atoms with E-state index in [0.29, 0.717) is 10.8 Å². The Hall–Kier alpha value is -0.0600. The van der Waals surface area contributed by atoms with Gasteiger partial charge in [-0.05, 0) is 0 Å². The summed E-state index contributed by atoms with van der Waals surface area (Å²) in [5.41, 5.74) is 1.17. The van der Waals surface area contributed by atoms with Crippen molar-refractivity contribution in [2.75, 3.05) is 0 Å². The lowest BCUT2D eigenvalue weighted by Gasteiger charge is -2.16. The van der Waals surface area contributed by atoms with Crippen molar-refractivity contribution in [1.82, 2.24) is 10.3 Å². The molecule has 92 valence electrons. The average molecular weight is 258 g/mol. The van der Waals surface area contributed by atoms with Crippen molar-refractivity contribution < 1.29 is 0 Å². The summed E-state index contributed by atoms with van der Waals surface area (Å²) in [5.74, 6) is 1.02. The second kappa shape index (κ2) is 6.03. The first-order chi connectivity index (χ1) is 7.37. The maximum absolute atomic E-state index is 4.62. The molecule has 0 aliphatic carbocycles. The molecule has 0 aliphatic rings. The monoisotopic (exact) mass is 258 g/mol. The highest BCUT2D eigenvalue weighted by molar-refractivity contribution is 7.99. The van der Waals surface area contributed by atoms with E-state index in [4.69, 9.17) is 0 Å². The summed E-state index contributed by atoms with van der Waals surface area (Å²) in [6.07, 6.45) is 0. The van der Waals surface area contributed by atoms with Crippen molar-refractivity contribution in [3.8, 4) is 0 Å². The van der Waals surface area contributed by atoms with Gasteiger partial charge in [0.1, 0.15) is 5.01 Å². The fraction of sp³-hybridized carbons (Fsp3) is 0.750. The molecule has 2 nitrogen and oxygen atoms in total. The van der Waals surface area contributed by atoms with E-state index in [9.17, 15) is 0 Å². The van der Waals surface area contributed by atoms with Gasteiger partial charge in [-0.25, -0.2) is 4.98 Å². The van der Waals surface area contributed by atoms with Crippen LogP contribution < -0.4 is 5.32 Å². The molecular formula is C12H22N2S2. The van der Waals surface area contributed by atoms with E-state index in [1.807, 2.05) is 11.8 Å². The van der Waals surface area contributed by atoms with Gasteiger partial charge in [0.2, 0.25) is 0 Å². The minimum Gasteiger partial charge on any atom is -0.309 e. The van der Waals surface area contributed by atoms with Crippen LogP contribution >= 0.6 is 23.1 Å². The maximum atomic E-state index is 4.62. The highest BCUT2D eigenvalue weighted by Gasteiger charge is 2.12. The number of rotatable bonds is 5. The Bertz CT molecular complexity index is 313. The fourth-order valence-electron chi connectivity index (χ4n) is 1.08. The first kappa shape index (κ1) is 14.0. The van der Waals surface area contributed by atoms with Gasteiger partial charge in [-0.1, -0.05) is 34.6 Å². The van der Waals surface area contributed by atoms with Crippen molar-refractivity contribution in [1.29, 1.82) is 0 Å². The third-order valence-electron chi connectivity index (χ3n) is 1.92. The molecule has 1 N–H and O–H groups in total. The minimum absolute atomic E-state index is 0.321. The SMILES string of the molecule is CC(C)NCc1csc(CSC(C)(C)C)n1. The molecule has 1 aromatic rings. The van der Waals surface area contributed by atoms with E-state index in [1.54, 1.807) is 11.3 Å². The fourth-order valence-corrected chi connectivity index (χ4v) is 2.73. The average Bonchev–Trinajstić information content (AvgIpc) is 2.58. The molecule has 0 amide bonds.